The van der Waals surface area contributed by atoms with E-state index in [1.807, 2.05) is 0 Å². The first kappa shape index (κ1) is 49.7. The minimum Gasteiger partial charge on any atom is -0.505 e. The van der Waals surface area contributed by atoms with Crippen LogP contribution in [-0.2, 0) is 28.9 Å². The molecule has 0 spiro atoms. The lowest BCUT2D eigenvalue weighted by molar-refractivity contribution is -0.432. The molecule has 0 unspecified atom stereocenters. The molecule has 0 aliphatic heterocycles. The van der Waals surface area contributed by atoms with E-state index in [1.54, 1.807) is 24.3 Å². The summed E-state index contributed by atoms with van der Waals surface area (Å²) in [4.78, 5) is 3.34. The average Bonchev–Trinajstić information content (AvgIpc) is 3.95. The van der Waals surface area contributed by atoms with Gasteiger partial charge in [-0.3, -0.25) is 8.95 Å². The topological polar surface area (TPSA) is 372 Å². The van der Waals surface area contributed by atoms with Gasteiger partial charge in [-0.25, -0.2) is 15.5 Å². The Morgan fingerprint density at radius 3 is 2.18 bits per heavy atom. The number of pyridine rings is 1. The largest absolute Gasteiger partial charge is 0.505 e. The van der Waals surface area contributed by atoms with Gasteiger partial charge in [0.15, 0.2) is 21.4 Å². The molecule has 354 valence electrons. The zero-order chi connectivity index (χ0) is 48.4. The van der Waals surface area contributed by atoms with Crippen LogP contribution in [0.15, 0.2) is 99.4 Å². The summed E-state index contributed by atoms with van der Waals surface area (Å²) in [6.07, 6.45) is 0. The summed E-state index contributed by atoms with van der Waals surface area (Å²) in [5.41, 5.74) is 0.131. The molecule has 0 aliphatic rings. The lowest BCUT2D eigenvalue weighted by Crippen LogP contribution is -2.04. The number of benzene rings is 4. The molecule has 0 amide bonds. The smallest absolute Gasteiger partial charge is 0.297 e. The number of ether oxygens (including phenoxy) is 2. The van der Waals surface area contributed by atoms with Gasteiger partial charge in [0.1, 0.15) is 64.0 Å². The zero-order valence-electron chi connectivity index (χ0n) is 34.3. The minimum absolute atomic E-state index is 0.00910. The van der Waals surface area contributed by atoms with Crippen LogP contribution in [0.25, 0.3) is 27.5 Å². The lowest BCUT2D eigenvalue weighted by Gasteiger charge is -2.14. The molecule has 0 fully saturated rings. The summed E-state index contributed by atoms with van der Waals surface area (Å²) in [5, 5.41) is 109. The Morgan fingerprint density at radius 2 is 1.50 bits per heavy atom. The number of aromatic nitrogens is 4. The zero-order valence-corrected chi connectivity index (χ0v) is 38.4. The summed E-state index contributed by atoms with van der Waals surface area (Å²) in [5.74, 6) is -0.247. The maximum Gasteiger partial charge on any atom is 0.297 e. The molecule has 0 aliphatic carbocycles. The molecule has 3 heterocycles. The molecule has 7 aromatic rings. The molecular formula is C37H31N11O15S5. The van der Waals surface area contributed by atoms with E-state index < -0.39 is 51.2 Å². The Morgan fingerprint density at radius 1 is 0.824 bits per heavy atom. The van der Waals surface area contributed by atoms with Crippen LogP contribution in [0.1, 0.15) is 11.1 Å². The number of para-hydroxylation sites is 2. The Bertz CT molecular complexity index is 3240. The van der Waals surface area contributed by atoms with Gasteiger partial charge in [-0.2, -0.15) is 13.7 Å². The number of hydrogen-bond donors (Lipinski definition) is 7. The van der Waals surface area contributed by atoms with Crippen LogP contribution in [0.2, 0.25) is 0 Å². The molecule has 3 aromatic heterocycles. The van der Waals surface area contributed by atoms with E-state index in [-0.39, 0.29) is 91.4 Å². The van der Waals surface area contributed by atoms with Gasteiger partial charge in [0.2, 0.25) is 5.88 Å². The van der Waals surface area contributed by atoms with Crippen molar-refractivity contribution in [2.45, 2.75) is 21.1 Å². The van der Waals surface area contributed by atoms with Crippen molar-refractivity contribution in [3.05, 3.63) is 65.7 Å². The van der Waals surface area contributed by atoms with Crippen molar-refractivity contribution in [3.8, 4) is 29.2 Å². The molecule has 31 heteroatoms. The highest BCUT2D eigenvalue weighted by atomic mass is 32.2. The van der Waals surface area contributed by atoms with Crippen molar-refractivity contribution in [1.29, 1.82) is 5.26 Å². The number of hydrogen-bond acceptors (Lipinski definition) is 28. The fourth-order valence-electron chi connectivity index (χ4n) is 6.23. The number of aromatic hydroxyl groups is 2. The first-order valence-electron chi connectivity index (χ1n) is 18.9. The standard InChI is InChI=1S/C37H31N11O15S5/c1-18-21(17-38)34-39-22-4-2-3-5-26(22)48(34)35(52)30(18)43-40-23-7-6-19-20(33(23)68(55,56)57)14-29(67-63-61-54)31(32(19)51)44-41-24-15-28(59-11-9-50)25(16-27(24)58-10-8-49)42-45-36-46-47-37(66-36)64-12-13-65-62-60-53/h2-7,14-16,49-54H,8-13H2,1H3,(H,55,56,57). The Labute approximate surface area is 398 Å². The molecule has 0 bridgehead atoms. The van der Waals surface area contributed by atoms with Crippen LogP contribution >= 0.6 is 47.2 Å². The number of imidazole rings is 1. The average molecular weight is 1030 g/mol. The van der Waals surface area contributed by atoms with E-state index in [4.69, 9.17) is 20.0 Å². The maximum absolute atomic E-state index is 13.1. The third-order valence-electron chi connectivity index (χ3n) is 8.99. The number of fused-ring (bicyclic) bond motifs is 4. The van der Waals surface area contributed by atoms with E-state index in [9.17, 15) is 38.7 Å². The maximum atomic E-state index is 13.1. The highest BCUT2D eigenvalue weighted by Crippen LogP contribution is 2.49. The van der Waals surface area contributed by atoms with E-state index >= 15 is 0 Å². The fourth-order valence-corrected chi connectivity index (χ4v) is 9.63. The van der Waals surface area contributed by atoms with Crippen LogP contribution in [0.3, 0.4) is 0 Å². The van der Waals surface area contributed by atoms with Crippen LogP contribution in [0.5, 0.6) is 23.1 Å². The summed E-state index contributed by atoms with van der Waals surface area (Å²) in [6, 6.07) is 14.9. The first-order chi connectivity index (χ1) is 32.9. The van der Waals surface area contributed by atoms with Crippen molar-refractivity contribution in [3.63, 3.8) is 0 Å². The molecule has 0 saturated heterocycles. The lowest BCUT2D eigenvalue weighted by atomic mass is 10.1. The molecule has 0 radical (unpaired) electrons. The predicted molar refractivity (Wildman–Crippen MR) is 242 cm³/mol. The molecule has 0 saturated carbocycles. The minimum atomic E-state index is -5.22. The third kappa shape index (κ3) is 11.0. The monoisotopic (exact) mass is 1030 g/mol. The van der Waals surface area contributed by atoms with Crippen molar-refractivity contribution in [2.24, 2.45) is 30.7 Å². The molecular weight excluding hydrogens is 999 g/mol. The van der Waals surface area contributed by atoms with Crippen LogP contribution in [-0.4, -0.2) is 101 Å². The summed E-state index contributed by atoms with van der Waals surface area (Å²) >= 11 is 3.57. The number of phenolic OH excluding ortho intramolecular Hbond substituents is 1. The molecule has 4 aromatic carbocycles. The third-order valence-corrected chi connectivity index (χ3v) is 13.3. The van der Waals surface area contributed by atoms with E-state index in [0.717, 1.165) is 35.5 Å². The number of nitriles is 1. The highest BCUT2D eigenvalue weighted by Gasteiger charge is 2.26. The van der Waals surface area contributed by atoms with Gasteiger partial charge >= 0.3 is 0 Å². The van der Waals surface area contributed by atoms with E-state index in [1.165, 1.54) is 41.3 Å². The van der Waals surface area contributed by atoms with Gasteiger partial charge in [0.25, 0.3) is 15.2 Å². The number of nitrogens with zero attached hydrogens (tertiary/aromatic N) is 11. The molecule has 0 atom stereocenters. The Kier molecular flexibility index (Phi) is 16.6. The summed E-state index contributed by atoms with van der Waals surface area (Å²) in [6.45, 7) is 0.199. The number of azo groups is 3. The number of aliphatic hydroxyl groups is 2. The van der Waals surface area contributed by atoms with Crippen molar-refractivity contribution < 1.29 is 72.1 Å². The SMILES string of the molecule is Cc1c(N=Nc2ccc3c(O)c(N=Nc4cc(OCCO)c(N=Nc5nnc(SCCSOOO)s5)cc4OCCO)c(SOOO)cc3c2S(=O)(=O)O)c(O)n2c(nc3ccccc32)c1C#N. The summed E-state index contributed by atoms with van der Waals surface area (Å²) in [7, 11) is -5.22. The van der Waals surface area contributed by atoms with Gasteiger partial charge < -0.3 is 29.9 Å². The highest BCUT2D eigenvalue weighted by molar-refractivity contribution is 8.02. The molecule has 7 rings (SSSR count). The van der Waals surface area contributed by atoms with Gasteiger partial charge in [-0.05, 0) is 37.3 Å². The molecule has 7 N–H and O–H groups in total. The summed E-state index contributed by atoms with van der Waals surface area (Å²) < 4.78 is 59.0. The van der Waals surface area contributed by atoms with Crippen molar-refractivity contribution in [1.82, 2.24) is 19.6 Å². The number of rotatable bonds is 22. The second kappa shape index (κ2) is 22.7. The van der Waals surface area contributed by atoms with Crippen LogP contribution in [0, 0.1) is 18.3 Å². The second-order valence-corrected chi connectivity index (χ2v) is 18.2. The number of aliphatic hydroxyl groups excluding tert-OH is 2. The van der Waals surface area contributed by atoms with E-state index in [0.29, 0.717) is 26.9 Å². The second-order valence-electron chi connectivity index (χ2n) is 13.0. The van der Waals surface area contributed by atoms with Gasteiger partial charge in [-0.15, -0.1) is 49.6 Å². The van der Waals surface area contributed by atoms with Gasteiger partial charge in [0, 0.05) is 52.0 Å². The molecule has 68 heavy (non-hydrogen) atoms. The van der Waals surface area contributed by atoms with Gasteiger partial charge in [-0.1, -0.05) is 45.3 Å². The first-order valence-corrected chi connectivity index (χ1v) is 23.8. The Hall–Kier alpha value is -6.22. The fraction of sp³-hybridized carbons (Fsp3) is 0.189. The Balaban J connectivity index is 1.29. The van der Waals surface area contributed by atoms with Crippen LogP contribution < -0.4 is 9.47 Å². The number of phenols is 1. The predicted octanol–water partition coefficient (Wildman–Crippen LogP) is 8.91. The van der Waals surface area contributed by atoms with Gasteiger partial charge in [0.05, 0.1) is 41.2 Å². The van der Waals surface area contributed by atoms with Crippen LogP contribution in [0.4, 0.5) is 33.6 Å². The van der Waals surface area contributed by atoms with Crippen molar-refractivity contribution >= 4 is 118 Å². The normalized spacial score (nSPS) is 12.2. The quantitative estimate of drug-likeness (QED) is 0.00633. The molecule has 26 nitrogen and oxygen atoms in total. The number of thioether (sulfide) groups is 1. The van der Waals surface area contributed by atoms with Crippen molar-refractivity contribution in [2.75, 3.05) is 37.9 Å². The van der Waals surface area contributed by atoms with E-state index in [2.05, 4.69) is 70.7 Å².